The topological polar surface area (TPSA) is 528 Å². The second-order valence-corrected chi connectivity index (χ2v) is 35.5. The molecule has 3 saturated heterocycles. The summed E-state index contributed by atoms with van der Waals surface area (Å²) in [6.45, 7) is 1.43. The van der Waals surface area contributed by atoms with E-state index in [4.69, 9.17) is 19.9 Å². The number of H-pyrrole nitrogens is 1. The summed E-state index contributed by atoms with van der Waals surface area (Å²) in [4.78, 5) is 247. The number of hydrogen-bond donors (Lipinski definition) is 14. The van der Waals surface area contributed by atoms with Crippen LogP contribution in [0.5, 0.6) is 11.5 Å². The molecule has 6 aromatic carbocycles. The van der Waals surface area contributed by atoms with Gasteiger partial charge >= 0.3 is 0 Å². The van der Waals surface area contributed by atoms with Gasteiger partial charge in [-0.15, -0.1) is 11.8 Å². The number of methoxy groups -OCH3 is 1. The molecule has 14 atom stereocenters. The number of morpholine rings is 1. The Morgan fingerprint density at radius 3 is 1.69 bits per heavy atom. The van der Waals surface area contributed by atoms with Gasteiger partial charge in [-0.1, -0.05) is 137 Å². The lowest BCUT2D eigenvalue weighted by Gasteiger charge is -2.40. The number of phenolic OH excluding ortho intramolecular Hbond substituents is 2. The quantitative estimate of drug-likeness (QED) is 0.0277. The molecule has 0 spiro atoms. The number of fused-ring (bicyclic) bond motifs is 3. The minimum absolute atomic E-state index is 0.0141. The van der Waals surface area contributed by atoms with E-state index in [0.29, 0.717) is 69.0 Å². The number of primary amides is 1. The van der Waals surface area contributed by atoms with E-state index in [9.17, 15) is 43.7 Å². The molecule has 15 amide bonds. The van der Waals surface area contributed by atoms with Crippen LogP contribution in [-0.4, -0.2) is 310 Å². The number of carbonyl (C=O) groups is 16. The first-order valence-electron chi connectivity index (χ1n) is 45.0. The van der Waals surface area contributed by atoms with Crippen LogP contribution in [0.4, 0.5) is 13.2 Å². The zero-order chi connectivity index (χ0) is 100. The third-order valence-electron chi connectivity index (χ3n) is 24.1. The first kappa shape index (κ1) is 106. The van der Waals surface area contributed by atoms with Crippen molar-refractivity contribution >= 4 is 118 Å². The second-order valence-electron chi connectivity index (χ2n) is 34.4. The van der Waals surface area contributed by atoms with E-state index in [-0.39, 0.29) is 88.2 Å². The largest absolute Gasteiger partial charge is 0.508 e. The van der Waals surface area contributed by atoms with Gasteiger partial charge in [0.15, 0.2) is 17.5 Å². The van der Waals surface area contributed by atoms with Crippen molar-refractivity contribution in [2.45, 2.75) is 176 Å². The number of aliphatic hydroxyl groups is 1. The fourth-order valence-corrected chi connectivity index (χ4v) is 17.4. The van der Waals surface area contributed by atoms with E-state index in [0.717, 1.165) is 24.5 Å². The van der Waals surface area contributed by atoms with E-state index >= 15 is 61.5 Å². The maximum Gasteiger partial charge on any atom is 0.293 e. The van der Waals surface area contributed by atoms with E-state index in [2.05, 4.69) is 52.8 Å². The maximum atomic E-state index is 15.8. The van der Waals surface area contributed by atoms with Crippen LogP contribution in [-0.2, 0) is 129 Å². The number of halogens is 3. The smallest absolute Gasteiger partial charge is 0.293 e. The minimum atomic E-state index is -1.89. The summed E-state index contributed by atoms with van der Waals surface area (Å²) in [7, 11) is 5.00. The first-order chi connectivity index (χ1) is 65.9. The Hall–Kier alpha value is -14.0. The fourth-order valence-electron chi connectivity index (χ4n) is 16.5. The summed E-state index contributed by atoms with van der Waals surface area (Å²) < 4.78 is 61.5. The van der Waals surface area contributed by atoms with Crippen LogP contribution in [0.15, 0.2) is 152 Å². The number of ether oxygens (including phenoxy) is 3. The lowest BCUT2D eigenvalue weighted by Crippen LogP contribution is -2.64. The third kappa shape index (κ3) is 29.0. The highest BCUT2D eigenvalue weighted by Crippen LogP contribution is 2.28. The number of likely N-dealkylation sites (N-methyl/N-ethyl adjacent to an activating group) is 3. The van der Waals surface area contributed by atoms with Gasteiger partial charge in [0, 0.05) is 116 Å². The molecule has 0 radical (unpaired) electrons. The molecule has 0 aliphatic carbocycles. The molecule has 3 aliphatic rings. The fraction of sp³-hybridized carbons (Fsp3) is 0.438. The number of para-hydroxylation sites is 1. The Labute approximate surface area is 798 Å². The van der Waals surface area contributed by atoms with Gasteiger partial charge < -0.3 is 113 Å². The molecule has 10 rings (SSSR count). The molecule has 138 heavy (non-hydrogen) atoms. The van der Waals surface area contributed by atoms with Crippen molar-refractivity contribution in [3.63, 3.8) is 0 Å². The molecule has 1 aromatic heterocycles. The van der Waals surface area contributed by atoms with Crippen molar-refractivity contribution in [1.82, 2.24) is 77.3 Å². The molecule has 15 N–H and O–H groups in total. The van der Waals surface area contributed by atoms with Gasteiger partial charge in [0.05, 0.1) is 31.6 Å². The number of nitrogens with two attached hydrogens (primary N) is 1. The highest BCUT2D eigenvalue weighted by Gasteiger charge is 2.47. The molecular weight excluding hydrogens is 1820 g/mol. The van der Waals surface area contributed by atoms with Gasteiger partial charge in [0.25, 0.3) is 6.47 Å². The van der Waals surface area contributed by atoms with Gasteiger partial charge in [-0.05, 0) is 94.6 Å². The van der Waals surface area contributed by atoms with E-state index in [1.54, 1.807) is 112 Å². The highest BCUT2D eigenvalue weighted by atomic mass is 32.2. The molecule has 0 bridgehead atoms. The molecule has 740 valence electrons. The molecule has 4 heterocycles. The average Bonchev–Trinajstić information content (AvgIpc) is 1.64. The standard InChI is InChI=1S/C96H117F3N16O22S/c1-8-9-24-75-95(133)114-34-36-136-50-79(114)91(129)108-73(49-137-53-116)88(126)110-83(54(2)3)96(134)112(5)76(42-55-18-12-10-13-19-55)89(127)107-72(40-58-27-31-62(118)32-28-58)93(131)115-48-63(119)45-77(115)90(128)106-70(44-60-46-101-67-23-17-16-22-64(60)67)87(125)105-69(39-57-25-29-61(117)30-26-57)86(124)104-68(33-35-135-7)85(123)109-74(84(122)102-47-80(100)120)51-138-52-81(121)103-71(41-59-37-65(97)82(99)66(98)38-59)92(130)113(6)78(94(132)111(75)4)43-56-20-14-11-15-21-56/h10-23,25-32,37-38,46,53-54,63,68-79,83,101,117-119H,8-9,24,33-36,39-45,47-52H2,1-7H3,(H2,100,120)(H,102,122)(H,103,121)(H,104,124)(H,105,125)(H,106,128)(H,107,127)(H,108,129)(H,109,123)(H,110,126)/t63-,68+,69+,70+,71+,72+,73+,74+,75+,76+,77-,78+,79-,83+/m1/s1. The van der Waals surface area contributed by atoms with Crippen LogP contribution in [0.1, 0.15) is 86.3 Å². The summed E-state index contributed by atoms with van der Waals surface area (Å²) in [5, 5.41) is 56.6. The number of aromatic amines is 1. The first-order valence-corrected chi connectivity index (χ1v) is 46.2. The van der Waals surface area contributed by atoms with Crippen molar-refractivity contribution in [3.8, 4) is 11.5 Å². The molecule has 0 unspecified atom stereocenters. The number of nitrogens with one attached hydrogen (secondary N) is 10. The summed E-state index contributed by atoms with van der Waals surface area (Å²) >= 11 is 0.644. The van der Waals surface area contributed by atoms with Crippen LogP contribution in [0.3, 0.4) is 0 Å². The van der Waals surface area contributed by atoms with E-state index in [1.165, 1.54) is 76.8 Å². The van der Waals surface area contributed by atoms with Crippen LogP contribution in [0, 0.1) is 23.4 Å². The molecule has 3 fully saturated rings. The van der Waals surface area contributed by atoms with Gasteiger partial charge in [0.1, 0.15) is 96.6 Å². The van der Waals surface area contributed by atoms with E-state index in [1.807, 2.05) is 0 Å². The number of aromatic nitrogens is 1. The molecular formula is C96H117F3N16O22S. The number of carbonyl (C=O) groups excluding carboxylic acids is 16. The monoisotopic (exact) mass is 1930 g/mol. The Kier molecular flexibility index (Phi) is 39.0. The van der Waals surface area contributed by atoms with Crippen molar-refractivity contribution in [3.05, 3.63) is 203 Å². The number of amides is 15. The zero-order valence-electron chi connectivity index (χ0n) is 77.3. The Bertz CT molecular complexity index is 5460. The number of hydrogen-bond acceptors (Lipinski definition) is 23. The third-order valence-corrected chi connectivity index (χ3v) is 25.2. The summed E-state index contributed by atoms with van der Waals surface area (Å²) in [5.74, 6) is -23.0. The summed E-state index contributed by atoms with van der Waals surface area (Å²) in [6.07, 6.45) is -2.53. The van der Waals surface area contributed by atoms with Crippen molar-refractivity contribution in [2.24, 2.45) is 11.7 Å². The molecule has 3 aliphatic heterocycles. The molecule has 42 heteroatoms. The lowest BCUT2D eigenvalue weighted by atomic mass is 9.98. The second kappa shape index (κ2) is 50.7. The average molecular weight is 1940 g/mol. The number of rotatable bonds is 25. The normalized spacial score (nSPS) is 23.7. The van der Waals surface area contributed by atoms with Crippen molar-refractivity contribution < 1.29 is 119 Å². The van der Waals surface area contributed by atoms with Gasteiger partial charge in [-0.2, -0.15) is 0 Å². The Morgan fingerprint density at radius 1 is 0.558 bits per heavy atom. The number of thioether (sulfide) groups is 1. The summed E-state index contributed by atoms with van der Waals surface area (Å²) in [6, 6.07) is 13.8. The number of benzene rings is 6. The lowest BCUT2D eigenvalue weighted by molar-refractivity contribution is -0.158. The zero-order valence-corrected chi connectivity index (χ0v) is 78.1. The SMILES string of the molecule is CCCC[C@H]1C(=O)N2CCOC[C@@H]2C(=O)N[C@@H](COC=O)C(=O)N[C@@H](C(C)C)C(=O)N(C)[C@@H](Cc2ccccc2)C(=O)N[C@@H](Cc2ccc(O)cc2)C(=O)N2C[C@H](O)C[C@@H]2C(=O)N[C@@H](Cc2c[nH]c3ccccc23)C(=O)N[C@@H](Cc2ccc(O)cc2)C(=O)N[C@@H](CCOC)C(=O)N[C@H](C(=O)NCC(N)=O)CSCC(=O)N[C@@H](Cc2cc(F)c(F)c(F)c2)C(=O)N(C)[C@@H](Cc2ccccc2)C(=O)N1C. The minimum Gasteiger partial charge on any atom is -0.508 e. The van der Waals surface area contributed by atoms with E-state index < -0.39 is 254 Å². The van der Waals surface area contributed by atoms with Crippen LogP contribution in [0.25, 0.3) is 10.9 Å². The van der Waals surface area contributed by atoms with Crippen molar-refractivity contribution in [2.75, 3.05) is 85.8 Å². The molecule has 7 aromatic rings. The number of nitrogens with zero attached hydrogens (tertiary/aromatic N) is 5. The van der Waals surface area contributed by atoms with Gasteiger partial charge in [-0.25, -0.2) is 13.2 Å². The van der Waals surface area contributed by atoms with Crippen molar-refractivity contribution in [1.29, 1.82) is 0 Å². The van der Waals surface area contributed by atoms with Gasteiger partial charge in [-0.3, -0.25) is 76.7 Å². The Balaban J connectivity index is 1.07. The number of unbranched alkanes of at least 4 members (excludes halogenated alkanes) is 1. The summed E-state index contributed by atoms with van der Waals surface area (Å²) in [5.41, 5.74) is 7.69. The van der Waals surface area contributed by atoms with Gasteiger partial charge in [0.2, 0.25) is 88.6 Å². The number of aromatic hydroxyl groups is 2. The molecule has 38 nitrogen and oxygen atoms in total. The maximum absolute atomic E-state index is 15.8. The van der Waals surface area contributed by atoms with Crippen LogP contribution >= 0.6 is 11.8 Å². The predicted octanol–water partition coefficient (Wildman–Crippen LogP) is 0.705. The number of phenols is 2. The van der Waals surface area contributed by atoms with Crippen LogP contribution in [0.2, 0.25) is 0 Å². The highest BCUT2D eigenvalue weighted by molar-refractivity contribution is 8.00. The molecule has 0 saturated carbocycles. The number of aliphatic hydroxyl groups excluding tert-OH is 1. The Morgan fingerprint density at radius 2 is 1.08 bits per heavy atom. The predicted molar refractivity (Wildman–Crippen MR) is 496 cm³/mol. The van der Waals surface area contributed by atoms with Crippen LogP contribution < -0.4 is 53.6 Å².